The molecule has 1 amide bonds. The summed E-state index contributed by atoms with van der Waals surface area (Å²) in [4.78, 5) is 16.9. The van der Waals surface area contributed by atoms with Crippen LogP contribution in [0.15, 0.2) is 36.4 Å². The van der Waals surface area contributed by atoms with Crippen molar-refractivity contribution in [2.24, 2.45) is 0 Å². The number of benzene rings is 1. The minimum absolute atomic E-state index is 0.0121. The minimum Gasteiger partial charge on any atom is -0.439 e. The zero-order chi connectivity index (χ0) is 20.5. The predicted molar refractivity (Wildman–Crippen MR) is 87.3 cm³/mol. The standard InChI is InChI=1S/C18H13F4N3O3/c19-13-8-25(9-14(13)26)17(27)11-2-1-3-12(6-11)28-16-5-10(7-23)4-15(24-16)18(20,21)22/h1-6,13-14,26H,8-9H2/t13-,14?/m1/s1. The number of hydrogen-bond acceptors (Lipinski definition) is 5. The van der Waals surface area contributed by atoms with Gasteiger partial charge in [0, 0.05) is 18.2 Å². The maximum absolute atomic E-state index is 13.4. The lowest BCUT2D eigenvalue weighted by molar-refractivity contribution is -0.141. The van der Waals surface area contributed by atoms with Crippen molar-refractivity contribution < 1.29 is 32.2 Å². The van der Waals surface area contributed by atoms with E-state index >= 15 is 0 Å². The summed E-state index contributed by atoms with van der Waals surface area (Å²) < 4.78 is 57.4. The van der Waals surface area contributed by atoms with E-state index in [0.717, 1.165) is 11.0 Å². The fourth-order valence-corrected chi connectivity index (χ4v) is 2.68. The molecule has 2 aromatic rings. The average molecular weight is 395 g/mol. The number of halogens is 4. The van der Waals surface area contributed by atoms with Gasteiger partial charge in [-0.1, -0.05) is 6.07 Å². The molecule has 1 aromatic carbocycles. The molecule has 1 fully saturated rings. The number of likely N-dealkylation sites (tertiary alicyclic amines) is 1. The SMILES string of the molecule is N#Cc1cc(Oc2cccc(C(=O)N3CC(O)[C@H](F)C3)c2)nc(C(F)(F)F)c1. The van der Waals surface area contributed by atoms with Crippen LogP contribution < -0.4 is 4.74 Å². The molecular weight excluding hydrogens is 382 g/mol. The maximum Gasteiger partial charge on any atom is 0.433 e. The van der Waals surface area contributed by atoms with E-state index in [-0.39, 0.29) is 30.0 Å². The highest BCUT2D eigenvalue weighted by Crippen LogP contribution is 2.31. The van der Waals surface area contributed by atoms with Crippen molar-refractivity contribution >= 4 is 5.91 Å². The molecule has 1 aliphatic rings. The number of aliphatic hydroxyl groups excluding tert-OH is 1. The first-order valence-electron chi connectivity index (χ1n) is 8.06. The first-order chi connectivity index (χ1) is 13.2. The second-order valence-corrected chi connectivity index (χ2v) is 6.11. The highest BCUT2D eigenvalue weighted by molar-refractivity contribution is 5.94. The van der Waals surface area contributed by atoms with Crippen LogP contribution in [0.5, 0.6) is 11.6 Å². The number of amides is 1. The third-order valence-electron chi connectivity index (χ3n) is 4.03. The van der Waals surface area contributed by atoms with E-state index in [1.165, 1.54) is 24.3 Å². The monoisotopic (exact) mass is 395 g/mol. The Morgan fingerprint density at radius 1 is 1.29 bits per heavy atom. The van der Waals surface area contributed by atoms with E-state index in [1.54, 1.807) is 6.07 Å². The Labute approximate surface area is 156 Å². The normalized spacial score (nSPS) is 19.4. The molecule has 10 heteroatoms. The Morgan fingerprint density at radius 3 is 2.64 bits per heavy atom. The number of alkyl halides is 4. The number of pyridine rings is 1. The fraction of sp³-hybridized carbons (Fsp3) is 0.278. The number of carbonyl (C=O) groups is 1. The van der Waals surface area contributed by atoms with Crippen LogP contribution in [0.1, 0.15) is 21.6 Å². The summed E-state index contributed by atoms with van der Waals surface area (Å²) in [6.07, 6.45) is -7.56. The second-order valence-electron chi connectivity index (χ2n) is 6.11. The van der Waals surface area contributed by atoms with Gasteiger partial charge in [-0.15, -0.1) is 0 Å². The smallest absolute Gasteiger partial charge is 0.433 e. The van der Waals surface area contributed by atoms with E-state index in [2.05, 4.69) is 4.98 Å². The van der Waals surface area contributed by atoms with Gasteiger partial charge >= 0.3 is 6.18 Å². The zero-order valence-corrected chi connectivity index (χ0v) is 14.2. The van der Waals surface area contributed by atoms with Crippen LogP contribution in [0, 0.1) is 11.3 Å². The molecule has 0 bridgehead atoms. The van der Waals surface area contributed by atoms with Gasteiger partial charge in [-0.25, -0.2) is 9.37 Å². The number of β-amino-alcohol motifs (C(OH)–C–C–N with tert-alkyl or cyclic N) is 1. The van der Waals surface area contributed by atoms with Gasteiger partial charge in [0.05, 0.1) is 18.2 Å². The second kappa shape index (κ2) is 7.44. The highest BCUT2D eigenvalue weighted by atomic mass is 19.4. The molecule has 1 aliphatic heterocycles. The van der Waals surface area contributed by atoms with Gasteiger partial charge in [0.1, 0.15) is 23.7 Å². The summed E-state index contributed by atoms with van der Waals surface area (Å²) in [5, 5.41) is 18.3. The van der Waals surface area contributed by atoms with Crippen LogP contribution in [0.2, 0.25) is 0 Å². The van der Waals surface area contributed by atoms with E-state index in [9.17, 15) is 27.5 Å². The Balaban J connectivity index is 1.84. The molecule has 28 heavy (non-hydrogen) atoms. The molecule has 2 heterocycles. The number of hydrogen-bond donors (Lipinski definition) is 1. The first-order valence-corrected chi connectivity index (χ1v) is 8.06. The third-order valence-corrected chi connectivity index (χ3v) is 4.03. The molecule has 1 saturated heterocycles. The van der Waals surface area contributed by atoms with Crippen molar-refractivity contribution in [3.8, 4) is 17.7 Å². The Kier molecular flexibility index (Phi) is 5.20. The molecule has 0 aliphatic carbocycles. The van der Waals surface area contributed by atoms with Crippen LogP contribution in [-0.4, -0.2) is 46.3 Å². The largest absolute Gasteiger partial charge is 0.439 e. The summed E-state index contributed by atoms with van der Waals surface area (Å²) >= 11 is 0. The lowest BCUT2D eigenvalue weighted by Gasteiger charge is -2.16. The summed E-state index contributed by atoms with van der Waals surface area (Å²) in [6, 6.07) is 8.74. The van der Waals surface area contributed by atoms with Gasteiger partial charge in [0.15, 0.2) is 0 Å². The number of carbonyl (C=O) groups excluding carboxylic acids is 1. The molecule has 6 nitrogen and oxygen atoms in total. The van der Waals surface area contributed by atoms with Gasteiger partial charge in [-0.05, 0) is 24.3 Å². The highest BCUT2D eigenvalue weighted by Gasteiger charge is 2.35. The van der Waals surface area contributed by atoms with Crippen LogP contribution >= 0.6 is 0 Å². The molecule has 0 saturated carbocycles. The van der Waals surface area contributed by atoms with Crippen molar-refractivity contribution in [1.82, 2.24) is 9.88 Å². The maximum atomic E-state index is 13.4. The molecule has 1 aromatic heterocycles. The summed E-state index contributed by atoms with van der Waals surface area (Å²) in [7, 11) is 0. The van der Waals surface area contributed by atoms with E-state index in [4.69, 9.17) is 10.00 Å². The number of aliphatic hydroxyl groups is 1. The quantitative estimate of drug-likeness (QED) is 0.808. The number of nitriles is 1. The van der Waals surface area contributed by atoms with Crippen LogP contribution in [-0.2, 0) is 6.18 Å². The molecule has 1 unspecified atom stereocenters. The van der Waals surface area contributed by atoms with Crippen LogP contribution in [0.4, 0.5) is 17.6 Å². The Morgan fingerprint density at radius 2 is 2.04 bits per heavy atom. The molecule has 0 radical (unpaired) electrons. The fourth-order valence-electron chi connectivity index (χ4n) is 2.68. The van der Waals surface area contributed by atoms with Crippen LogP contribution in [0.25, 0.3) is 0 Å². The lowest BCUT2D eigenvalue weighted by atomic mass is 10.2. The topological polar surface area (TPSA) is 86.5 Å². The summed E-state index contributed by atoms with van der Waals surface area (Å²) in [5.74, 6) is -1.01. The summed E-state index contributed by atoms with van der Waals surface area (Å²) in [6.45, 7) is -0.419. The van der Waals surface area contributed by atoms with Gasteiger partial charge in [-0.3, -0.25) is 4.79 Å². The van der Waals surface area contributed by atoms with Crippen molar-refractivity contribution in [3.63, 3.8) is 0 Å². The minimum atomic E-state index is -4.76. The number of rotatable bonds is 3. The molecule has 2 atom stereocenters. The van der Waals surface area contributed by atoms with Crippen LogP contribution in [0.3, 0.4) is 0 Å². The third kappa shape index (κ3) is 4.20. The van der Waals surface area contributed by atoms with E-state index in [0.29, 0.717) is 6.07 Å². The van der Waals surface area contributed by atoms with Gasteiger partial charge in [0.2, 0.25) is 5.88 Å². The Hall–Kier alpha value is -3.19. The van der Waals surface area contributed by atoms with Crippen molar-refractivity contribution in [3.05, 3.63) is 53.2 Å². The van der Waals surface area contributed by atoms with E-state index in [1.807, 2.05) is 0 Å². The van der Waals surface area contributed by atoms with Gasteiger partial charge < -0.3 is 14.7 Å². The molecule has 146 valence electrons. The number of ether oxygens (including phenoxy) is 1. The first kappa shape index (κ1) is 19.6. The Bertz CT molecular complexity index is 932. The van der Waals surface area contributed by atoms with E-state index < -0.39 is 35.9 Å². The lowest BCUT2D eigenvalue weighted by Crippen LogP contribution is -2.29. The predicted octanol–water partition coefficient (Wildman–Crippen LogP) is 2.92. The average Bonchev–Trinajstić information content (AvgIpc) is 2.99. The molecule has 3 rings (SSSR count). The number of aromatic nitrogens is 1. The van der Waals surface area contributed by atoms with Crippen molar-refractivity contribution in [2.45, 2.75) is 18.5 Å². The molecule has 0 spiro atoms. The van der Waals surface area contributed by atoms with Crippen molar-refractivity contribution in [2.75, 3.05) is 13.1 Å². The summed E-state index contributed by atoms with van der Waals surface area (Å²) in [5.41, 5.74) is -1.47. The van der Waals surface area contributed by atoms with Crippen molar-refractivity contribution in [1.29, 1.82) is 5.26 Å². The van der Waals surface area contributed by atoms with Gasteiger partial charge in [-0.2, -0.15) is 18.4 Å². The van der Waals surface area contributed by atoms with Gasteiger partial charge in [0.25, 0.3) is 5.91 Å². The molecule has 1 N–H and O–H groups in total. The number of nitrogens with zero attached hydrogens (tertiary/aromatic N) is 3. The zero-order valence-electron chi connectivity index (χ0n) is 14.2. The molecular formula is C18H13F4N3O3.